The molecule has 2 heterocycles. The molecule has 6 heteroatoms. The first kappa shape index (κ1) is 9.57. The van der Waals surface area contributed by atoms with Gasteiger partial charge in [0.15, 0.2) is 11.6 Å². The molecule has 0 atom stereocenters. The Kier molecular flexibility index (Phi) is 2.32. The van der Waals surface area contributed by atoms with Crippen LogP contribution in [0.5, 0.6) is 0 Å². The number of nitrogens with zero attached hydrogens (tertiary/aromatic N) is 3. The summed E-state index contributed by atoms with van der Waals surface area (Å²) >= 11 is 0. The first-order valence-corrected chi connectivity index (χ1v) is 4.77. The van der Waals surface area contributed by atoms with Crippen LogP contribution < -0.4 is 21.1 Å². The van der Waals surface area contributed by atoms with E-state index in [0.717, 1.165) is 19.4 Å². The number of nitrogens with two attached hydrogens (primary N) is 2. The zero-order chi connectivity index (χ0) is 10.8. The SMILES string of the molecule is Nc1cc(N2C=CCCC2)nc(N)[n+]1[O-]. The lowest BCUT2D eigenvalue weighted by molar-refractivity contribution is -0.576. The van der Waals surface area contributed by atoms with E-state index in [4.69, 9.17) is 11.5 Å². The normalized spacial score (nSPS) is 15.6. The van der Waals surface area contributed by atoms with Crippen molar-refractivity contribution < 1.29 is 4.73 Å². The zero-order valence-corrected chi connectivity index (χ0v) is 8.26. The molecule has 0 bridgehead atoms. The first-order chi connectivity index (χ1) is 7.18. The molecule has 6 nitrogen and oxygen atoms in total. The minimum Gasteiger partial charge on any atom is -0.754 e. The molecule has 1 aromatic rings. The standard InChI is InChI=1S/C9H13N5O/c10-7-6-8(12-9(11)14(7)15)13-4-2-1-3-5-13/h2,4,6H,1,3,5,10H2,(H2,11,12). The second kappa shape index (κ2) is 3.64. The third-order valence-corrected chi connectivity index (χ3v) is 2.30. The van der Waals surface area contributed by atoms with Gasteiger partial charge in [-0.25, -0.2) is 4.73 Å². The molecular formula is C9H13N5O. The fraction of sp³-hybridized carbons (Fsp3) is 0.333. The average molecular weight is 207 g/mol. The van der Waals surface area contributed by atoms with Gasteiger partial charge < -0.3 is 21.6 Å². The number of hydrogen-bond donors (Lipinski definition) is 2. The van der Waals surface area contributed by atoms with Crippen molar-refractivity contribution >= 4 is 17.6 Å². The fourth-order valence-electron chi connectivity index (χ4n) is 1.51. The van der Waals surface area contributed by atoms with E-state index < -0.39 is 0 Å². The number of rotatable bonds is 1. The molecular weight excluding hydrogens is 194 g/mol. The highest BCUT2D eigenvalue weighted by molar-refractivity contribution is 5.49. The summed E-state index contributed by atoms with van der Waals surface area (Å²) in [6, 6.07) is 1.53. The number of aromatic nitrogens is 2. The molecule has 1 aromatic heterocycles. The highest BCUT2D eigenvalue weighted by Gasteiger charge is 2.14. The lowest BCUT2D eigenvalue weighted by Gasteiger charge is -2.21. The topological polar surface area (TPSA) is 95.1 Å². The first-order valence-electron chi connectivity index (χ1n) is 4.77. The van der Waals surface area contributed by atoms with Gasteiger partial charge in [0, 0.05) is 12.7 Å². The van der Waals surface area contributed by atoms with Crippen LogP contribution in [0.1, 0.15) is 12.8 Å². The van der Waals surface area contributed by atoms with Gasteiger partial charge in [0.2, 0.25) is 0 Å². The Morgan fingerprint density at radius 2 is 2.27 bits per heavy atom. The average Bonchev–Trinajstić information content (AvgIpc) is 2.26. The maximum Gasteiger partial charge on any atom is 0.346 e. The van der Waals surface area contributed by atoms with Crippen molar-refractivity contribution in [2.24, 2.45) is 0 Å². The van der Waals surface area contributed by atoms with Gasteiger partial charge in [0.05, 0.1) is 6.07 Å². The van der Waals surface area contributed by atoms with Gasteiger partial charge in [-0.05, 0) is 12.8 Å². The summed E-state index contributed by atoms with van der Waals surface area (Å²) in [6.45, 7) is 0.866. The molecule has 0 unspecified atom stereocenters. The zero-order valence-electron chi connectivity index (χ0n) is 8.26. The van der Waals surface area contributed by atoms with E-state index in [0.29, 0.717) is 10.5 Å². The quantitative estimate of drug-likeness (QED) is 0.499. The second-order valence-corrected chi connectivity index (χ2v) is 3.41. The summed E-state index contributed by atoms with van der Waals surface area (Å²) in [4.78, 5) is 5.91. The predicted molar refractivity (Wildman–Crippen MR) is 57.7 cm³/mol. The predicted octanol–water partition coefficient (Wildman–Crippen LogP) is -0.00670. The van der Waals surface area contributed by atoms with Crippen LogP contribution in [-0.4, -0.2) is 11.5 Å². The lowest BCUT2D eigenvalue weighted by Crippen LogP contribution is -2.36. The van der Waals surface area contributed by atoms with Crippen molar-refractivity contribution in [2.75, 3.05) is 22.9 Å². The van der Waals surface area contributed by atoms with Crippen LogP contribution in [0.15, 0.2) is 18.3 Å². The molecule has 0 saturated heterocycles. The van der Waals surface area contributed by atoms with Crippen LogP contribution in [0.25, 0.3) is 0 Å². The molecule has 0 amide bonds. The largest absolute Gasteiger partial charge is 0.754 e. The Hall–Kier alpha value is -1.98. The summed E-state index contributed by atoms with van der Waals surface area (Å²) in [5.41, 5.74) is 10.9. The number of nitrogen functional groups attached to an aromatic ring is 2. The molecule has 0 fully saturated rings. The second-order valence-electron chi connectivity index (χ2n) is 3.41. The van der Waals surface area contributed by atoms with Crippen molar-refractivity contribution in [3.05, 3.63) is 23.5 Å². The Morgan fingerprint density at radius 1 is 1.47 bits per heavy atom. The van der Waals surface area contributed by atoms with E-state index in [1.165, 1.54) is 6.07 Å². The minimum absolute atomic E-state index is 0.0662. The van der Waals surface area contributed by atoms with Gasteiger partial charge in [-0.3, -0.25) is 0 Å². The monoisotopic (exact) mass is 207 g/mol. The van der Waals surface area contributed by atoms with E-state index in [9.17, 15) is 5.21 Å². The summed E-state index contributed by atoms with van der Waals surface area (Å²) in [5, 5.41) is 11.2. The highest BCUT2D eigenvalue weighted by Crippen LogP contribution is 2.17. The van der Waals surface area contributed by atoms with E-state index in [2.05, 4.69) is 11.1 Å². The molecule has 80 valence electrons. The smallest absolute Gasteiger partial charge is 0.346 e. The van der Waals surface area contributed by atoms with Crippen molar-refractivity contribution in [3.63, 3.8) is 0 Å². The molecule has 0 radical (unpaired) electrons. The van der Waals surface area contributed by atoms with E-state index >= 15 is 0 Å². The molecule has 0 aromatic carbocycles. The molecule has 1 aliphatic rings. The Balaban J connectivity index is 2.36. The number of hydrogen-bond acceptors (Lipinski definition) is 5. The van der Waals surface area contributed by atoms with Crippen molar-refractivity contribution in [1.29, 1.82) is 0 Å². The van der Waals surface area contributed by atoms with Crippen LogP contribution >= 0.6 is 0 Å². The van der Waals surface area contributed by atoms with Gasteiger partial charge in [0.1, 0.15) is 0 Å². The fourth-order valence-corrected chi connectivity index (χ4v) is 1.51. The Labute approximate surface area is 87.4 Å². The van der Waals surface area contributed by atoms with Crippen LogP contribution in [0.3, 0.4) is 0 Å². The van der Waals surface area contributed by atoms with Crippen molar-refractivity contribution in [2.45, 2.75) is 12.8 Å². The van der Waals surface area contributed by atoms with E-state index in [1.54, 1.807) is 0 Å². The minimum atomic E-state index is -0.121. The Bertz CT molecular complexity index is 380. The van der Waals surface area contributed by atoms with Crippen molar-refractivity contribution in [3.8, 4) is 0 Å². The van der Waals surface area contributed by atoms with Gasteiger partial charge in [-0.15, -0.1) is 0 Å². The van der Waals surface area contributed by atoms with Crippen LogP contribution in [0.4, 0.5) is 17.6 Å². The van der Waals surface area contributed by atoms with Crippen LogP contribution in [0.2, 0.25) is 0 Å². The lowest BCUT2D eigenvalue weighted by atomic mass is 10.2. The van der Waals surface area contributed by atoms with E-state index in [1.807, 2.05) is 11.1 Å². The summed E-state index contributed by atoms with van der Waals surface area (Å²) < 4.78 is 0.414. The molecule has 0 saturated carbocycles. The maximum atomic E-state index is 11.2. The van der Waals surface area contributed by atoms with Crippen LogP contribution in [0, 0.1) is 5.21 Å². The van der Waals surface area contributed by atoms with Crippen LogP contribution in [-0.2, 0) is 0 Å². The van der Waals surface area contributed by atoms with Gasteiger partial charge in [0.25, 0.3) is 0 Å². The molecule has 2 rings (SSSR count). The number of anilines is 3. The summed E-state index contributed by atoms with van der Waals surface area (Å²) in [7, 11) is 0. The van der Waals surface area contributed by atoms with E-state index in [-0.39, 0.29) is 11.8 Å². The molecule has 0 spiro atoms. The maximum absolute atomic E-state index is 11.2. The van der Waals surface area contributed by atoms with Crippen molar-refractivity contribution in [1.82, 2.24) is 4.98 Å². The van der Waals surface area contributed by atoms with Gasteiger partial charge in [-0.1, -0.05) is 11.1 Å². The summed E-state index contributed by atoms with van der Waals surface area (Å²) in [6.07, 6.45) is 6.11. The highest BCUT2D eigenvalue weighted by atomic mass is 16.5. The number of allylic oxidation sites excluding steroid dienone is 1. The van der Waals surface area contributed by atoms with Gasteiger partial charge in [-0.2, -0.15) is 0 Å². The summed E-state index contributed by atoms with van der Waals surface area (Å²) in [5.74, 6) is 0.563. The molecule has 1 aliphatic heterocycles. The molecule has 15 heavy (non-hydrogen) atoms. The molecule has 4 N–H and O–H groups in total. The van der Waals surface area contributed by atoms with Gasteiger partial charge >= 0.3 is 5.95 Å². The molecule has 0 aliphatic carbocycles. The third kappa shape index (κ3) is 1.78. The third-order valence-electron chi connectivity index (χ3n) is 2.30. The Morgan fingerprint density at radius 3 is 2.87 bits per heavy atom.